The van der Waals surface area contributed by atoms with Crippen LogP contribution in [-0.4, -0.2) is 42.3 Å². The van der Waals surface area contributed by atoms with Crippen LogP contribution in [0.3, 0.4) is 0 Å². The van der Waals surface area contributed by atoms with Gasteiger partial charge in [0.1, 0.15) is 5.75 Å². The van der Waals surface area contributed by atoms with Crippen molar-refractivity contribution in [2.24, 2.45) is 5.73 Å². The molecule has 0 saturated carbocycles. The van der Waals surface area contributed by atoms with E-state index in [1.165, 1.54) is 0 Å². The molecule has 28 heavy (non-hydrogen) atoms. The summed E-state index contributed by atoms with van der Waals surface area (Å²) in [5.74, 6) is 0.845. The molecule has 0 aromatic heterocycles. The van der Waals surface area contributed by atoms with Gasteiger partial charge in [-0.15, -0.1) is 12.4 Å². The second-order valence-corrected chi connectivity index (χ2v) is 6.86. The van der Waals surface area contributed by atoms with Crippen LogP contribution in [0.15, 0.2) is 54.6 Å². The summed E-state index contributed by atoms with van der Waals surface area (Å²) >= 11 is 0. The van der Waals surface area contributed by atoms with Crippen LogP contribution in [0.25, 0.3) is 0 Å². The number of likely N-dealkylation sites (tertiary alicyclic amines) is 1. The highest BCUT2D eigenvalue weighted by atomic mass is 35.5. The molecule has 1 amide bonds. The zero-order chi connectivity index (χ0) is 19.2. The normalized spacial score (nSPS) is 18.4. The van der Waals surface area contributed by atoms with E-state index in [1.807, 2.05) is 37.3 Å². The lowest BCUT2D eigenvalue weighted by molar-refractivity contribution is -0.130. The number of nitrogens with two attached hydrogens (primary N) is 1. The topological polar surface area (TPSA) is 72.6 Å². The minimum Gasteiger partial charge on any atom is -0.494 e. The van der Waals surface area contributed by atoms with Crippen molar-refractivity contribution in [3.63, 3.8) is 0 Å². The first-order valence-electron chi connectivity index (χ1n) is 9.43. The Balaban J connectivity index is 0.00000280. The summed E-state index contributed by atoms with van der Waals surface area (Å²) in [7, 11) is 0. The molecule has 2 atom stereocenters. The Morgan fingerprint density at radius 3 is 2.36 bits per heavy atom. The SMILES string of the molecule is CCOc1ccc(C(=O)CCC(=O)N2C[C@@H](N)[C@H](c3ccccc3)C2)cc1.Cl. The molecule has 6 heteroatoms. The van der Waals surface area contributed by atoms with Gasteiger partial charge < -0.3 is 15.4 Å². The lowest BCUT2D eigenvalue weighted by atomic mass is 9.95. The summed E-state index contributed by atoms with van der Waals surface area (Å²) in [4.78, 5) is 26.7. The van der Waals surface area contributed by atoms with Gasteiger partial charge in [-0.1, -0.05) is 30.3 Å². The minimum atomic E-state index is -0.0711. The third-order valence-corrected chi connectivity index (χ3v) is 5.00. The van der Waals surface area contributed by atoms with Gasteiger partial charge in [0, 0.05) is 43.5 Å². The number of hydrogen-bond donors (Lipinski definition) is 1. The largest absolute Gasteiger partial charge is 0.494 e. The number of benzene rings is 2. The Hall–Kier alpha value is -2.37. The van der Waals surface area contributed by atoms with Gasteiger partial charge in [0.15, 0.2) is 5.78 Å². The molecule has 2 aromatic rings. The minimum absolute atomic E-state index is 0. The van der Waals surface area contributed by atoms with Gasteiger partial charge in [-0.3, -0.25) is 9.59 Å². The molecule has 0 radical (unpaired) electrons. The van der Waals surface area contributed by atoms with Crippen LogP contribution in [0.5, 0.6) is 5.75 Å². The van der Waals surface area contributed by atoms with Crippen molar-refractivity contribution in [1.82, 2.24) is 4.90 Å². The van der Waals surface area contributed by atoms with Crippen molar-refractivity contribution in [2.75, 3.05) is 19.7 Å². The first-order valence-corrected chi connectivity index (χ1v) is 9.43. The van der Waals surface area contributed by atoms with Gasteiger partial charge in [0.25, 0.3) is 0 Å². The molecule has 1 aliphatic rings. The van der Waals surface area contributed by atoms with Gasteiger partial charge in [0.2, 0.25) is 5.91 Å². The fraction of sp³-hybridized carbons (Fsp3) is 0.364. The van der Waals surface area contributed by atoms with Crippen molar-refractivity contribution >= 4 is 24.1 Å². The van der Waals surface area contributed by atoms with Crippen LogP contribution in [0.2, 0.25) is 0 Å². The molecule has 0 unspecified atom stereocenters. The van der Waals surface area contributed by atoms with Crippen molar-refractivity contribution in [3.05, 3.63) is 65.7 Å². The summed E-state index contributed by atoms with van der Waals surface area (Å²) in [6.45, 7) is 3.65. The number of hydrogen-bond acceptors (Lipinski definition) is 4. The highest BCUT2D eigenvalue weighted by molar-refractivity contribution is 5.98. The summed E-state index contributed by atoms with van der Waals surface area (Å²) in [5.41, 5.74) is 8.01. The molecule has 0 aliphatic carbocycles. The maximum absolute atomic E-state index is 12.5. The highest BCUT2D eigenvalue weighted by Crippen LogP contribution is 2.27. The first kappa shape index (κ1) is 21.9. The van der Waals surface area contributed by atoms with E-state index >= 15 is 0 Å². The number of ketones is 1. The van der Waals surface area contributed by atoms with Crippen LogP contribution < -0.4 is 10.5 Å². The van der Waals surface area contributed by atoms with E-state index in [0.717, 1.165) is 11.3 Å². The van der Waals surface area contributed by atoms with Crippen LogP contribution in [-0.2, 0) is 4.79 Å². The molecular formula is C22H27ClN2O3. The molecule has 150 valence electrons. The number of rotatable bonds is 7. The van der Waals surface area contributed by atoms with E-state index in [2.05, 4.69) is 0 Å². The second-order valence-electron chi connectivity index (χ2n) is 6.86. The Morgan fingerprint density at radius 1 is 1.04 bits per heavy atom. The van der Waals surface area contributed by atoms with E-state index in [4.69, 9.17) is 10.5 Å². The Morgan fingerprint density at radius 2 is 1.71 bits per heavy atom. The maximum Gasteiger partial charge on any atom is 0.223 e. The molecule has 5 nitrogen and oxygen atoms in total. The third-order valence-electron chi connectivity index (χ3n) is 5.00. The average molecular weight is 403 g/mol. The molecular weight excluding hydrogens is 376 g/mol. The summed E-state index contributed by atoms with van der Waals surface area (Å²) in [5, 5.41) is 0. The van der Waals surface area contributed by atoms with E-state index in [0.29, 0.717) is 25.3 Å². The van der Waals surface area contributed by atoms with Crippen LogP contribution >= 0.6 is 12.4 Å². The van der Waals surface area contributed by atoms with E-state index < -0.39 is 0 Å². The fourth-order valence-electron chi connectivity index (χ4n) is 3.51. The van der Waals surface area contributed by atoms with Crippen molar-refractivity contribution in [2.45, 2.75) is 31.7 Å². The first-order chi connectivity index (χ1) is 13.1. The molecule has 1 heterocycles. The molecule has 2 N–H and O–H groups in total. The van der Waals surface area contributed by atoms with Crippen LogP contribution in [0.1, 0.15) is 41.6 Å². The van der Waals surface area contributed by atoms with Crippen molar-refractivity contribution < 1.29 is 14.3 Å². The van der Waals surface area contributed by atoms with Crippen molar-refractivity contribution in [3.8, 4) is 5.75 Å². The van der Waals surface area contributed by atoms with Crippen LogP contribution in [0, 0.1) is 0 Å². The lowest BCUT2D eigenvalue weighted by Gasteiger charge is -2.16. The Bertz CT molecular complexity index is 780. The highest BCUT2D eigenvalue weighted by Gasteiger charge is 2.33. The quantitative estimate of drug-likeness (QED) is 0.720. The number of carbonyl (C=O) groups excluding carboxylic acids is 2. The predicted octanol–water partition coefficient (Wildman–Crippen LogP) is 3.42. The molecule has 2 aromatic carbocycles. The smallest absolute Gasteiger partial charge is 0.223 e. The number of nitrogens with zero attached hydrogens (tertiary/aromatic N) is 1. The van der Waals surface area contributed by atoms with E-state index in [1.54, 1.807) is 29.2 Å². The second kappa shape index (κ2) is 10.2. The standard InChI is InChI=1S/C22H26N2O3.ClH/c1-2-27-18-10-8-17(9-11-18)21(25)12-13-22(26)24-14-19(20(23)15-24)16-6-4-3-5-7-16;/h3-11,19-20H,2,12-15,23H2,1H3;1H/t19-,20+;/m0./s1. The van der Waals surface area contributed by atoms with Gasteiger partial charge >= 0.3 is 0 Å². The number of amides is 1. The average Bonchev–Trinajstić information content (AvgIpc) is 3.09. The molecule has 0 spiro atoms. The van der Waals surface area contributed by atoms with Gasteiger partial charge in [-0.2, -0.15) is 0 Å². The third kappa shape index (κ3) is 5.33. The Kier molecular flexibility index (Phi) is 8.03. The number of halogens is 1. The molecule has 3 rings (SSSR count). The molecule has 0 bridgehead atoms. The fourth-order valence-corrected chi connectivity index (χ4v) is 3.51. The zero-order valence-electron chi connectivity index (χ0n) is 16.0. The van der Waals surface area contributed by atoms with E-state index in [-0.39, 0.29) is 48.9 Å². The number of carbonyl (C=O) groups is 2. The summed E-state index contributed by atoms with van der Waals surface area (Å²) in [6, 6.07) is 17.0. The van der Waals surface area contributed by atoms with E-state index in [9.17, 15) is 9.59 Å². The summed E-state index contributed by atoms with van der Waals surface area (Å²) in [6.07, 6.45) is 0.412. The lowest BCUT2D eigenvalue weighted by Crippen LogP contribution is -2.32. The monoisotopic (exact) mass is 402 g/mol. The Labute approximate surface area is 172 Å². The molecule has 1 aliphatic heterocycles. The number of ether oxygens (including phenoxy) is 1. The van der Waals surface area contributed by atoms with Gasteiger partial charge in [-0.25, -0.2) is 0 Å². The van der Waals surface area contributed by atoms with Gasteiger partial charge in [-0.05, 0) is 36.8 Å². The summed E-state index contributed by atoms with van der Waals surface area (Å²) < 4.78 is 5.38. The zero-order valence-corrected chi connectivity index (χ0v) is 16.9. The van der Waals surface area contributed by atoms with Crippen molar-refractivity contribution in [1.29, 1.82) is 0 Å². The van der Waals surface area contributed by atoms with Gasteiger partial charge in [0.05, 0.1) is 6.61 Å². The number of Topliss-reactive ketones (excluding diaryl/α,β-unsaturated/α-hetero) is 1. The maximum atomic E-state index is 12.5. The predicted molar refractivity (Wildman–Crippen MR) is 112 cm³/mol. The molecule has 1 fully saturated rings. The molecule has 1 saturated heterocycles. The van der Waals surface area contributed by atoms with Crippen LogP contribution in [0.4, 0.5) is 0 Å².